The number of H-pyrrole nitrogens is 3. The molecule has 0 bridgehead atoms. The second-order valence-electron chi connectivity index (χ2n) is 15.7. The number of likely N-dealkylation sites (N-methyl/N-ethyl adjacent to an activating group) is 3. The average molecular weight is 909 g/mol. The number of benzene rings is 3. The molecular formula is C48H56N6O12. The second kappa shape index (κ2) is 25.1. The van der Waals surface area contributed by atoms with Gasteiger partial charge >= 0.3 is 35.8 Å². The third-order valence-corrected chi connectivity index (χ3v) is 9.64. The van der Waals surface area contributed by atoms with Gasteiger partial charge in [0.2, 0.25) is 0 Å². The molecule has 0 aliphatic rings. The molecule has 6 aromatic rings. The Morgan fingerprint density at radius 1 is 0.485 bits per heavy atom. The van der Waals surface area contributed by atoms with Crippen LogP contribution in [0.3, 0.4) is 0 Å². The van der Waals surface area contributed by atoms with Crippen LogP contribution in [0, 0.1) is 0 Å². The van der Waals surface area contributed by atoms with Crippen molar-refractivity contribution in [2.24, 2.45) is 0 Å². The van der Waals surface area contributed by atoms with Crippen LogP contribution < -0.4 is 14.2 Å². The number of hydrogen-bond donors (Lipinski definition) is 6. The van der Waals surface area contributed by atoms with Crippen molar-refractivity contribution < 1.29 is 58.3 Å². The smallest absolute Gasteiger partial charge is 0.336 e. The van der Waals surface area contributed by atoms with Crippen molar-refractivity contribution in [1.29, 1.82) is 0 Å². The van der Waals surface area contributed by atoms with Gasteiger partial charge in [0, 0.05) is 95.2 Å². The van der Waals surface area contributed by atoms with E-state index in [4.69, 9.17) is 29.5 Å². The number of aromatic nitrogens is 3. The standard InChI is InChI=1S/C16H20N2O4.2C16H18N2O4/c3*1-18(2)9-8-11-10-17-12-4-3-5-13(16(11)12)22-15(21)7-6-14(19)20/h3-5,10,17H,6-9H2,1-2H3,(H,19,20);2*3-7,10,17H,8-9H2,1-2H3,(H,19,20)/b;7-6+;7-6-. The van der Waals surface area contributed by atoms with Gasteiger partial charge in [0.25, 0.3) is 0 Å². The molecule has 0 unspecified atom stereocenters. The first-order valence-electron chi connectivity index (χ1n) is 20.8. The lowest BCUT2D eigenvalue weighted by Gasteiger charge is -2.10. The highest BCUT2D eigenvalue weighted by Gasteiger charge is 2.16. The van der Waals surface area contributed by atoms with Crippen LogP contribution in [0.1, 0.15) is 29.5 Å². The number of aliphatic carboxylic acids is 3. The molecule has 18 heteroatoms. The van der Waals surface area contributed by atoms with Gasteiger partial charge in [0.15, 0.2) is 0 Å². The highest BCUT2D eigenvalue weighted by molar-refractivity contribution is 5.97. The highest BCUT2D eigenvalue weighted by Crippen LogP contribution is 2.32. The number of carboxylic acids is 3. The topological polar surface area (TPSA) is 248 Å². The first kappa shape index (κ1) is 51.1. The molecule has 66 heavy (non-hydrogen) atoms. The molecule has 0 radical (unpaired) electrons. The lowest BCUT2D eigenvalue weighted by molar-refractivity contribution is -0.142. The number of carbonyl (C=O) groups excluding carboxylic acids is 3. The van der Waals surface area contributed by atoms with E-state index in [1.807, 2.05) is 79.1 Å². The first-order chi connectivity index (χ1) is 31.4. The van der Waals surface area contributed by atoms with Gasteiger partial charge in [-0.15, -0.1) is 0 Å². The molecule has 350 valence electrons. The predicted octanol–water partition coefficient (Wildman–Crippen LogP) is 5.68. The van der Waals surface area contributed by atoms with Crippen LogP contribution in [-0.2, 0) is 48.0 Å². The van der Waals surface area contributed by atoms with Crippen LogP contribution in [0.25, 0.3) is 32.7 Å². The highest BCUT2D eigenvalue weighted by atomic mass is 16.5. The Balaban J connectivity index is 0.000000216. The number of carboxylic acid groups (broad SMARTS) is 3. The van der Waals surface area contributed by atoms with Crippen LogP contribution in [0.5, 0.6) is 17.2 Å². The summed E-state index contributed by atoms with van der Waals surface area (Å²) in [4.78, 5) is 82.2. The molecule has 0 amide bonds. The molecule has 0 saturated carbocycles. The summed E-state index contributed by atoms with van der Waals surface area (Å²) in [5.41, 5.74) is 5.83. The van der Waals surface area contributed by atoms with Gasteiger partial charge in [-0.2, -0.15) is 0 Å². The zero-order valence-electron chi connectivity index (χ0n) is 37.8. The largest absolute Gasteiger partial charge is 0.481 e. The number of rotatable bonds is 19. The molecule has 0 aliphatic carbocycles. The van der Waals surface area contributed by atoms with Gasteiger partial charge < -0.3 is 59.2 Å². The molecule has 0 fully saturated rings. The van der Waals surface area contributed by atoms with Crippen LogP contribution in [0.4, 0.5) is 0 Å². The fourth-order valence-corrected chi connectivity index (χ4v) is 6.48. The van der Waals surface area contributed by atoms with Crippen LogP contribution in [-0.4, -0.2) is 143 Å². The Morgan fingerprint density at radius 2 is 0.818 bits per heavy atom. The van der Waals surface area contributed by atoms with Crippen molar-refractivity contribution >= 4 is 68.5 Å². The zero-order chi connectivity index (χ0) is 48.3. The third kappa shape index (κ3) is 16.2. The summed E-state index contributed by atoms with van der Waals surface area (Å²) < 4.78 is 15.9. The van der Waals surface area contributed by atoms with Gasteiger partial charge in [-0.3, -0.25) is 9.59 Å². The average Bonchev–Trinajstić information content (AvgIpc) is 4.00. The van der Waals surface area contributed by atoms with Crippen molar-refractivity contribution in [3.05, 3.63) is 114 Å². The molecule has 0 saturated heterocycles. The summed E-state index contributed by atoms with van der Waals surface area (Å²) >= 11 is 0. The Labute approximate surface area is 381 Å². The minimum Gasteiger partial charge on any atom is -0.481 e. The van der Waals surface area contributed by atoms with Crippen molar-refractivity contribution in [2.45, 2.75) is 32.1 Å². The van der Waals surface area contributed by atoms with Crippen molar-refractivity contribution in [3.63, 3.8) is 0 Å². The lowest BCUT2D eigenvalue weighted by Crippen LogP contribution is -2.15. The van der Waals surface area contributed by atoms with Gasteiger partial charge in [-0.25, -0.2) is 19.2 Å². The summed E-state index contributed by atoms with van der Waals surface area (Å²) in [5.74, 6) is -4.03. The number of nitrogens with one attached hydrogen (secondary N) is 3. The van der Waals surface area contributed by atoms with E-state index in [0.717, 1.165) is 113 Å². The van der Waals surface area contributed by atoms with Crippen molar-refractivity contribution in [1.82, 2.24) is 29.7 Å². The van der Waals surface area contributed by atoms with Gasteiger partial charge in [0.1, 0.15) is 17.2 Å². The number of aromatic amines is 3. The number of hydrogen-bond acceptors (Lipinski definition) is 12. The third-order valence-electron chi connectivity index (χ3n) is 9.64. The Hall–Kier alpha value is -7.54. The Kier molecular flexibility index (Phi) is 19.4. The summed E-state index contributed by atoms with van der Waals surface area (Å²) in [6, 6.07) is 16.2. The van der Waals surface area contributed by atoms with E-state index >= 15 is 0 Å². The summed E-state index contributed by atoms with van der Waals surface area (Å²) in [7, 11) is 12.0. The second-order valence-corrected chi connectivity index (χ2v) is 15.7. The number of esters is 3. The molecule has 0 spiro atoms. The monoisotopic (exact) mass is 908 g/mol. The van der Waals surface area contributed by atoms with Gasteiger partial charge in [-0.05, 0) is 115 Å². The van der Waals surface area contributed by atoms with Crippen molar-refractivity contribution in [2.75, 3.05) is 61.9 Å². The van der Waals surface area contributed by atoms with E-state index in [-0.39, 0.29) is 12.8 Å². The predicted molar refractivity (Wildman–Crippen MR) is 249 cm³/mol. The molecule has 3 aromatic carbocycles. The van der Waals surface area contributed by atoms with Gasteiger partial charge in [0.05, 0.1) is 12.8 Å². The Morgan fingerprint density at radius 3 is 1.12 bits per heavy atom. The minimum atomic E-state index is -1.19. The number of nitrogens with zero attached hydrogens (tertiary/aromatic N) is 3. The van der Waals surface area contributed by atoms with E-state index < -0.39 is 35.8 Å². The molecular weight excluding hydrogens is 853 g/mol. The molecule has 0 atom stereocenters. The van der Waals surface area contributed by atoms with Crippen LogP contribution in [0.2, 0.25) is 0 Å². The number of ether oxygens (including phenoxy) is 3. The number of fused-ring (bicyclic) bond motifs is 3. The zero-order valence-corrected chi connectivity index (χ0v) is 37.8. The lowest BCUT2D eigenvalue weighted by atomic mass is 10.1. The summed E-state index contributed by atoms with van der Waals surface area (Å²) in [5, 5.41) is 28.3. The fourth-order valence-electron chi connectivity index (χ4n) is 6.48. The molecule has 6 rings (SSSR count). The van der Waals surface area contributed by atoms with E-state index in [9.17, 15) is 28.8 Å². The maximum atomic E-state index is 11.8. The Bertz CT molecular complexity index is 2560. The fraction of sp³-hybridized carbons (Fsp3) is 0.292. The van der Waals surface area contributed by atoms with Crippen LogP contribution >= 0.6 is 0 Å². The molecule has 3 aromatic heterocycles. The quantitative estimate of drug-likeness (QED) is 0.0325. The first-order valence-corrected chi connectivity index (χ1v) is 20.8. The van der Waals surface area contributed by atoms with Gasteiger partial charge in [-0.1, -0.05) is 18.2 Å². The minimum absolute atomic E-state index is 0.136. The van der Waals surface area contributed by atoms with Crippen LogP contribution in [0.15, 0.2) is 97.5 Å². The number of carbonyl (C=O) groups is 6. The molecule has 0 aliphatic heterocycles. The molecule has 6 N–H and O–H groups in total. The summed E-state index contributed by atoms with van der Waals surface area (Å²) in [6.07, 6.45) is 11.1. The summed E-state index contributed by atoms with van der Waals surface area (Å²) in [6.45, 7) is 2.62. The van der Waals surface area contributed by atoms with Crippen molar-refractivity contribution in [3.8, 4) is 17.2 Å². The molecule has 3 heterocycles. The van der Waals surface area contributed by atoms with E-state index in [1.165, 1.54) is 0 Å². The normalized spacial score (nSPS) is 11.3. The van der Waals surface area contributed by atoms with E-state index in [2.05, 4.69) is 29.7 Å². The SMILES string of the molecule is CN(C)CCc1c[nH]c2cccc(OC(=O)/C=C/C(=O)O)c12.CN(C)CCc1c[nH]c2cccc(OC(=O)/C=C\C(=O)O)c12.CN(C)CCc1c[nH]c2cccc(OC(=O)CCC(=O)O)c12. The molecule has 18 nitrogen and oxygen atoms in total. The maximum absolute atomic E-state index is 11.8. The van der Waals surface area contributed by atoms with E-state index in [0.29, 0.717) is 17.2 Å². The van der Waals surface area contributed by atoms with E-state index in [1.54, 1.807) is 36.4 Å². The maximum Gasteiger partial charge on any atom is 0.336 e.